The van der Waals surface area contributed by atoms with E-state index in [1.54, 1.807) is 24.3 Å². The Morgan fingerprint density at radius 1 is 0.622 bits per heavy atom. The van der Waals surface area contributed by atoms with Crippen molar-refractivity contribution in [3.8, 4) is 0 Å². The molecule has 1 amide bonds. The largest absolute Gasteiger partial charge is 0.479 e. The molecule has 1 aromatic carbocycles. The Hall–Kier alpha value is -3.14. The van der Waals surface area contributed by atoms with Crippen molar-refractivity contribution in [2.75, 3.05) is 52.9 Å². The second-order valence-corrected chi connectivity index (χ2v) is 7.61. The standard InChI is InChI=1S/C23H31NO13/c25-20(24-14-15-4-2-1-3-5-15)16-17(21(26)27)35-11-7-33-9-13-37-19(23(30)31)18(22(28)29)36-12-8-32-6-10-34-16/h1-5,16-19H,6-14H2,(H,24,25)(H,26,27)(H,28,29)(H,30,31)/t16-,17-,18-,19-/m1/s1. The zero-order valence-electron chi connectivity index (χ0n) is 20.0. The van der Waals surface area contributed by atoms with Crippen molar-refractivity contribution in [2.24, 2.45) is 0 Å². The highest BCUT2D eigenvalue weighted by Crippen LogP contribution is 2.09. The van der Waals surface area contributed by atoms with Crippen LogP contribution in [0.1, 0.15) is 5.56 Å². The molecule has 4 N–H and O–H groups in total. The fourth-order valence-corrected chi connectivity index (χ4v) is 3.19. The van der Waals surface area contributed by atoms with Crippen molar-refractivity contribution in [3.05, 3.63) is 35.9 Å². The third-order valence-electron chi connectivity index (χ3n) is 4.95. The van der Waals surface area contributed by atoms with Crippen LogP contribution in [0.15, 0.2) is 30.3 Å². The van der Waals surface area contributed by atoms with Crippen molar-refractivity contribution in [3.63, 3.8) is 0 Å². The molecule has 14 nitrogen and oxygen atoms in total. The summed E-state index contributed by atoms with van der Waals surface area (Å²) in [7, 11) is 0. The van der Waals surface area contributed by atoms with Crippen LogP contribution in [0.25, 0.3) is 0 Å². The van der Waals surface area contributed by atoms with Gasteiger partial charge in [-0.15, -0.1) is 0 Å². The van der Waals surface area contributed by atoms with Crippen LogP contribution in [0.5, 0.6) is 0 Å². The van der Waals surface area contributed by atoms with Gasteiger partial charge in [-0.25, -0.2) is 14.4 Å². The molecule has 0 bridgehead atoms. The van der Waals surface area contributed by atoms with Crippen molar-refractivity contribution in [2.45, 2.75) is 31.0 Å². The summed E-state index contributed by atoms with van der Waals surface area (Å²) in [6.45, 7) is -1.34. The number of benzene rings is 1. The smallest absolute Gasteiger partial charge is 0.336 e. The van der Waals surface area contributed by atoms with Gasteiger partial charge < -0.3 is 49.1 Å². The molecule has 0 saturated carbocycles. The Morgan fingerprint density at radius 2 is 1.00 bits per heavy atom. The van der Waals surface area contributed by atoms with Gasteiger partial charge in [0, 0.05) is 6.54 Å². The van der Waals surface area contributed by atoms with Crippen LogP contribution >= 0.6 is 0 Å². The summed E-state index contributed by atoms with van der Waals surface area (Å²) in [5.41, 5.74) is 0.799. The number of rotatable bonds is 6. The number of ether oxygens (including phenoxy) is 6. The second kappa shape index (κ2) is 16.6. The second-order valence-electron chi connectivity index (χ2n) is 7.61. The molecule has 1 aromatic rings. The van der Waals surface area contributed by atoms with E-state index >= 15 is 0 Å². The molecule has 1 saturated heterocycles. The Kier molecular flexibility index (Phi) is 13.5. The summed E-state index contributed by atoms with van der Waals surface area (Å²) in [6.07, 6.45) is -6.72. The first-order valence-electron chi connectivity index (χ1n) is 11.4. The quantitative estimate of drug-likeness (QED) is 0.356. The predicted octanol–water partition coefficient (Wildman–Crippen LogP) is -0.856. The summed E-state index contributed by atoms with van der Waals surface area (Å²) in [5, 5.41) is 30.9. The maximum absolute atomic E-state index is 12.8. The molecule has 14 heteroatoms. The minimum atomic E-state index is -1.79. The molecule has 1 aliphatic rings. The minimum absolute atomic E-state index is 0.0993. The van der Waals surface area contributed by atoms with Gasteiger partial charge in [0.1, 0.15) is 0 Å². The van der Waals surface area contributed by atoms with E-state index in [1.807, 2.05) is 6.07 Å². The third kappa shape index (κ3) is 10.8. The number of amides is 1. The van der Waals surface area contributed by atoms with Crippen LogP contribution in [-0.2, 0) is 54.1 Å². The van der Waals surface area contributed by atoms with Gasteiger partial charge in [-0.3, -0.25) is 4.79 Å². The highest BCUT2D eigenvalue weighted by atomic mass is 16.6. The van der Waals surface area contributed by atoms with Gasteiger partial charge >= 0.3 is 17.9 Å². The van der Waals surface area contributed by atoms with E-state index in [2.05, 4.69) is 5.32 Å². The van der Waals surface area contributed by atoms with Crippen molar-refractivity contribution in [1.82, 2.24) is 5.32 Å². The van der Waals surface area contributed by atoms with E-state index in [9.17, 15) is 34.5 Å². The van der Waals surface area contributed by atoms with Crippen LogP contribution < -0.4 is 5.32 Å². The van der Waals surface area contributed by atoms with E-state index in [4.69, 9.17) is 28.4 Å². The number of carboxylic acid groups (broad SMARTS) is 3. The van der Waals surface area contributed by atoms with E-state index in [1.165, 1.54) is 0 Å². The monoisotopic (exact) mass is 529 g/mol. The molecule has 1 heterocycles. The number of nitrogens with one attached hydrogen (secondary N) is 1. The van der Waals surface area contributed by atoms with Crippen molar-refractivity contribution < 1.29 is 62.9 Å². The number of hydrogen-bond donors (Lipinski definition) is 4. The Bertz CT molecular complexity index is 865. The predicted molar refractivity (Wildman–Crippen MR) is 122 cm³/mol. The highest BCUT2D eigenvalue weighted by Gasteiger charge is 2.37. The number of aliphatic carboxylic acids is 3. The highest BCUT2D eigenvalue weighted by molar-refractivity contribution is 5.88. The molecular formula is C23H31NO13. The van der Waals surface area contributed by atoms with Crippen LogP contribution in [0, 0.1) is 0 Å². The molecule has 0 aliphatic carbocycles. The summed E-state index contributed by atoms with van der Waals surface area (Å²) in [6, 6.07) is 9.00. The van der Waals surface area contributed by atoms with E-state index in [0.29, 0.717) is 0 Å². The SMILES string of the molecule is O=C(O)[C@@H]1OCCOCCO[C@@H](C(=O)O)[C@H](C(=O)NCc2ccccc2)OCCOCCO[C@H]1C(=O)O. The fraction of sp³-hybridized carbons (Fsp3) is 0.565. The van der Waals surface area contributed by atoms with Gasteiger partial charge in [-0.05, 0) is 5.56 Å². The van der Waals surface area contributed by atoms with E-state index in [-0.39, 0.29) is 59.4 Å². The molecular weight excluding hydrogens is 498 g/mol. The summed E-state index contributed by atoms with van der Waals surface area (Å²) >= 11 is 0. The van der Waals surface area contributed by atoms with Crippen molar-refractivity contribution >= 4 is 23.8 Å². The normalized spacial score (nSPS) is 25.2. The first-order chi connectivity index (χ1) is 17.8. The van der Waals surface area contributed by atoms with Crippen LogP contribution in [0.4, 0.5) is 0 Å². The van der Waals surface area contributed by atoms with Crippen LogP contribution in [0.3, 0.4) is 0 Å². The Balaban J connectivity index is 2.04. The number of carbonyl (C=O) groups excluding carboxylic acids is 1. The minimum Gasteiger partial charge on any atom is -0.479 e. The lowest BCUT2D eigenvalue weighted by Crippen LogP contribution is -2.49. The average Bonchev–Trinajstić information content (AvgIpc) is 2.86. The third-order valence-corrected chi connectivity index (χ3v) is 4.95. The Morgan fingerprint density at radius 3 is 1.41 bits per heavy atom. The first kappa shape index (κ1) is 30.1. The molecule has 2 rings (SSSR count). The first-order valence-corrected chi connectivity index (χ1v) is 11.4. The van der Waals surface area contributed by atoms with Gasteiger partial charge in [0.2, 0.25) is 0 Å². The van der Waals surface area contributed by atoms with Crippen molar-refractivity contribution in [1.29, 1.82) is 0 Å². The van der Waals surface area contributed by atoms with E-state index < -0.39 is 48.2 Å². The summed E-state index contributed by atoms with van der Waals surface area (Å²) in [5.74, 6) is -5.17. The van der Waals surface area contributed by atoms with Gasteiger partial charge in [-0.2, -0.15) is 0 Å². The summed E-state index contributed by atoms with van der Waals surface area (Å²) in [4.78, 5) is 47.6. The lowest BCUT2D eigenvalue weighted by Gasteiger charge is -2.24. The zero-order chi connectivity index (χ0) is 27.0. The molecule has 4 atom stereocenters. The average molecular weight is 529 g/mol. The van der Waals surface area contributed by atoms with E-state index in [0.717, 1.165) is 5.56 Å². The molecule has 37 heavy (non-hydrogen) atoms. The molecule has 1 aliphatic heterocycles. The lowest BCUT2D eigenvalue weighted by atomic mass is 10.1. The maximum Gasteiger partial charge on any atom is 0.336 e. The molecule has 0 radical (unpaired) electrons. The number of hydrogen-bond acceptors (Lipinski definition) is 10. The zero-order valence-corrected chi connectivity index (χ0v) is 20.0. The molecule has 206 valence electrons. The van der Waals surface area contributed by atoms with Crippen LogP contribution in [0.2, 0.25) is 0 Å². The molecule has 0 spiro atoms. The maximum atomic E-state index is 12.8. The van der Waals surface area contributed by atoms with Gasteiger partial charge in [-0.1, -0.05) is 30.3 Å². The van der Waals surface area contributed by atoms with Gasteiger partial charge in [0.05, 0.1) is 52.9 Å². The fourth-order valence-electron chi connectivity index (χ4n) is 3.19. The number of carbonyl (C=O) groups is 4. The molecule has 0 unspecified atom stereocenters. The topological polar surface area (TPSA) is 196 Å². The molecule has 0 aromatic heterocycles. The number of carboxylic acids is 3. The van der Waals surface area contributed by atoms with Gasteiger partial charge in [0.25, 0.3) is 5.91 Å². The summed E-state index contributed by atoms with van der Waals surface area (Å²) < 4.78 is 31.6. The van der Waals surface area contributed by atoms with Gasteiger partial charge in [0.15, 0.2) is 24.4 Å². The molecule has 1 fully saturated rings. The lowest BCUT2D eigenvalue weighted by molar-refractivity contribution is -0.180. The Labute approximate surface area is 212 Å². The van der Waals surface area contributed by atoms with Crippen LogP contribution in [-0.4, -0.2) is 116 Å².